The molecule has 104 valence electrons. The molecule has 19 heavy (non-hydrogen) atoms. The minimum Gasteiger partial charge on any atom is -0.506 e. The highest BCUT2D eigenvalue weighted by Gasteiger charge is 2.20. The van der Waals surface area contributed by atoms with E-state index in [1.165, 1.54) is 18.5 Å². The molecule has 6 heteroatoms. The number of carbonyl (C=O) groups excluding carboxylic acids is 2. The largest absolute Gasteiger partial charge is 0.506 e. The van der Waals surface area contributed by atoms with Crippen molar-refractivity contribution in [3.05, 3.63) is 24.0 Å². The number of carbonyl (C=O) groups is 2. The lowest BCUT2D eigenvalue weighted by molar-refractivity contribution is -0.132. The zero-order valence-corrected chi connectivity index (χ0v) is 11.4. The standard InChI is InChI=1S/C13H19N3O3/c1-4-16(5-2)13(19)9(3)15-12(18)10-6-11(17)8-14-7-10/h6-9,17H,4-5H2,1-3H3,(H,15,18). The normalized spacial score (nSPS) is 11.7. The number of pyridine rings is 1. The van der Waals surface area contributed by atoms with Gasteiger partial charge in [0.1, 0.15) is 11.8 Å². The summed E-state index contributed by atoms with van der Waals surface area (Å²) in [4.78, 5) is 29.2. The number of hydrogen-bond donors (Lipinski definition) is 2. The van der Waals surface area contributed by atoms with E-state index in [0.717, 1.165) is 0 Å². The molecule has 0 bridgehead atoms. The molecule has 1 heterocycles. The number of likely N-dealkylation sites (N-methyl/N-ethyl adjacent to an activating group) is 1. The first-order chi connectivity index (χ1) is 8.99. The van der Waals surface area contributed by atoms with Crippen LogP contribution >= 0.6 is 0 Å². The van der Waals surface area contributed by atoms with E-state index in [4.69, 9.17) is 0 Å². The fourth-order valence-electron chi connectivity index (χ4n) is 1.70. The van der Waals surface area contributed by atoms with Crippen molar-refractivity contribution in [1.82, 2.24) is 15.2 Å². The second-order valence-electron chi connectivity index (χ2n) is 4.14. The number of nitrogens with zero attached hydrogens (tertiary/aromatic N) is 2. The minimum atomic E-state index is -0.616. The fraction of sp³-hybridized carbons (Fsp3) is 0.462. The number of aromatic nitrogens is 1. The zero-order valence-electron chi connectivity index (χ0n) is 11.4. The Bertz CT molecular complexity index is 458. The minimum absolute atomic E-state index is 0.0876. The van der Waals surface area contributed by atoms with Gasteiger partial charge in [0.2, 0.25) is 5.91 Å². The highest BCUT2D eigenvalue weighted by molar-refractivity contribution is 5.97. The summed E-state index contributed by atoms with van der Waals surface area (Å²) in [6, 6.07) is 0.687. The molecule has 0 aliphatic heterocycles. The average Bonchev–Trinajstić information content (AvgIpc) is 2.39. The molecular formula is C13H19N3O3. The van der Waals surface area contributed by atoms with Gasteiger partial charge in [-0.15, -0.1) is 0 Å². The van der Waals surface area contributed by atoms with Crippen molar-refractivity contribution in [2.24, 2.45) is 0 Å². The van der Waals surface area contributed by atoms with Crippen molar-refractivity contribution in [2.75, 3.05) is 13.1 Å². The predicted octanol–water partition coefficient (Wildman–Crippen LogP) is 0.774. The molecule has 0 radical (unpaired) electrons. The van der Waals surface area contributed by atoms with Crippen LogP contribution in [0.25, 0.3) is 0 Å². The third-order valence-corrected chi connectivity index (χ3v) is 2.78. The average molecular weight is 265 g/mol. The molecule has 2 amide bonds. The van der Waals surface area contributed by atoms with Crippen LogP contribution in [-0.4, -0.2) is 45.9 Å². The van der Waals surface area contributed by atoms with Gasteiger partial charge in [0, 0.05) is 19.3 Å². The van der Waals surface area contributed by atoms with E-state index in [2.05, 4.69) is 10.3 Å². The molecular weight excluding hydrogens is 246 g/mol. The van der Waals surface area contributed by atoms with Crippen LogP contribution in [0.3, 0.4) is 0 Å². The van der Waals surface area contributed by atoms with Crippen molar-refractivity contribution in [3.63, 3.8) is 0 Å². The Morgan fingerprint density at radius 2 is 2.00 bits per heavy atom. The molecule has 6 nitrogen and oxygen atoms in total. The van der Waals surface area contributed by atoms with E-state index in [-0.39, 0.29) is 17.2 Å². The molecule has 0 saturated heterocycles. The summed E-state index contributed by atoms with van der Waals surface area (Å²) >= 11 is 0. The molecule has 0 spiro atoms. The maximum atomic E-state index is 12.0. The summed E-state index contributed by atoms with van der Waals surface area (Å²) < 4.78 is 0. The topological polar surface area (TPSA) is 82.5 Å². The summed E-state index contributed by atoms with van der Waals surface area (Å²) in [6.07, 6.45) is 2.57. The third-order valence-electron chi connectivity index (χ3n) is 2.78. The summed E-state index contributed by atoms with van der Waals surface area (Å²) in [6.45, 7) is 6.60. The molecule has 0 saturated carbocycles. The van der Waals surface area contributed by atoms with Crippen LogP contribution in [-0.2, 0) is 4.79 Å². The van der Waals surface area contributed by atoms with Crippen LogP contribution in [0, 0.1) is 0 Å². The maximum Gasteiger partial charge on any atom is 0.253 e. The fourth-order valence-corrected chi connectivity index (χ4v) is 1.70. The maximum absolute atomic E-state index is 12.0. The summed E-state index contributed by atoms with van der Waals surface area (Å²) in [5.74, 6) is -0.654. The van der Waals surface area contributed by atoms with Gasteiger partial charge >= 0.3 is 0 Å². The van der Waals surface area contributed by atoms with Crippen LogP contribution < -0.4 is 5.32 Å². The van der Waals surface area contributed by atoms with Crippen LogP contribution in [0.4, 0.5) is 0 Å². The van der Waals surface area contributed by atoms with E-state index in [9.17, 15) is 14.7 Å². The number of amides is 2. The Labute approximate surface area is 112 Å². The molecule has 2 N–H and O–H groups in total. The van der Waals surface area contributed by atoms with Gasteiger partial charge in [-0.1, -0.05) is 0 Å². The summed E-state index contributed by atoms with van der Waals surface area (Å²) in [7, 11) is 0. The Balaban J connectivity index is 2.69. The molecule has 0 aliphatic rings. The van der Waals surface area contributed by atoms with Crippen LogP contribution in [0.5, 0.6) is 5.75 Å². The second-order valence-corrected chi connectivity index (χ2v) is 4.14. The van der Waals surface area contributed by atoms with Crippen molar-refractivity contribution in [1.29, 1.82) is 0 Å². The molecule has 1 atom stereocenters. The van der Waals surface area contributed by atoms with E-state index >= 15 is 0 Å². The van der Waals surface area contributed by atoms with Gasteiger partial charge in [0.25, 0.3) is 5.91 Å². The van der Waals surface area contributed by atoms with Gasteiger partial charge < -0.3 is 15.3 Å². The van der Waals surface area contributed by atoms with Crippen LogP contribution in [0.15, 0.2) is 18.5 Å². The van der Waals surface area contributed by atoms with E-state index in [0.29, 0.717) is 13.1 Å². The first-order valence-corrected chi connectivity index (χ1v) is 6.23. The number of rotatable bonds is 5. The molecule has 0 aliphatic carbocycles. The van der Waals surface area contributed by atoms with Gasteiger partial charge in [0.15, 0.2) is 0 Å². The molecule has 1 unspecified atom stereocenters. The van der Waals surface area contributed by atoms with Gasteiger partial charge in [-0.25, -0.2) is 0 Å². The zero-order chi connectivity index (χ0) is 14.4. The molecule has 1 rings (SSSR count). The molecule has 0 aromatic carbocycles. The monoisotopic (exact) mass is 265 g/mol. The lowest BCUT2D eigenvalue weighted by Crippen LogP contribution is -2.46. The first kappa shape index (κ1) is 14.9. The Morgan fingerprint density at radius 1 is 1.37 bits per heavy atom. The molecule has 1 aromatic heterocycles. The highest BCUT2D eigenvalue weighted by atomic mass is 16.3. The predicted molar refractivity (Wildman–Crippen MR) is 70.8 cm³/mol. The van der Waals surface area contributed by atoms with E-state index in [1.807, 2.05) is 13.8 Å². The number of aromatic hydroxyl groups is 1. The summed E-state index contributed by atoms with van der Waals surface area (Å²) in [5, 5.41) is 11.8. The smallest absolute Gasteiger partial charge is 0.253 e. The van der Waals surface area contributed by atoms with E-state index < -0.39 is 11.9 Å². The van der Waals surface area contributed by atoms with Crippen molar-refractivity contribution in [2.45, 2.75) is 26.8 Å². The number of nitrogens with one attached hydrogen (secondary N) is 1. The van der Waals surface area contributed by atoms with Crippen LogP contribution in [0.1, 0.15) is 31.1 Å². The first-order valence-electron chi connectivity index (χ1n) is 6.23. The lowest BCUT2D eigenvalue weighted by Gasteiger charge is -2.23. The quantitative estimate of drug-likeness (QED) is 0.824. The van der Waals surface area contributed by atoms with Gasteiger partial charge in [-0.2, -0.15) is 0 Å². The van der Waals surface area contributed by atoms with Crippen molar-refractivity contribution >= 4 is 11.8 Å². The summed E-state index contributed by atoms with van der Waals surface area (Å²) in [5.41, 5.74) is 0.221. The molecule has 0 fully saturated rings. The Kier molecular flexibility index (Phi) is 5.29. The number of hydrogen-bond acceptors (Lipinski definition) is 4. The van der Waals surface area contributed by atoms with Gasteiger partial charge in [0.05, 0.1) is 11.8 Å². The van der Waals surface area contributed by atoms with Gasteiger partial charge in [-0.05, 0) is 26.8 Å². The second kappa shape index (κ2) is 6.72. The third kappa shape index (κ3) is 3.94. The van der Waals surface area contributed by atoms with Crippen molar-refractivity contribution < 1.29 is 14.7 Å². The lowest BCUT2D eigenvalue weighted by atomic mass is 10.2. The van der Waals surface area contributed by atoms with Crippen LogP contribution in [0.2, 0.25) is 0 Å². The SMILES string of the molecule is CCN(CC)C(=O)C(C)NC(=O)c1cncc(O)c1. The Hall–Kier alpha value is -2.11. The van der Waals surface area contributed by atoms with E-state index in [1.54, 1.807) is 11.8 Å². The van der Waals surface area contributed by atoms with Crippen molar-refractivity contribution in [3.8, 4) is 5.75 Å². The molecule has 1 aromatic rings. The Morgan fingerprint density at radius 3 is 2.53 bits per heavy atom. The highest BCUT2D eigenvalue weighted by Crippen LogP contribution is 2.08. The van der Waals surface area contributed by atoms with Gasteiger partial charge in [-0.3, -0.25) is 14.6 Å².